The minimum atomic E-state index is -3.51. The second kappa shape index (κ2) is 7.30. The molecule has 0 saturated carbocycles. The van der Waals surface area contributed by atoms with E-state index in [0.717, 1.165) is 15.8 Å². The van der Waals surface area contributed by atoms with Gasteiger partial charge in [0.05, 0.1) is 22.9 Å². The van der Waals surface area contributed by atoms with Crippen LogP contribution in [0.2, 0.25) is 0 Å². The molecule has 25 heavy (non-hydrogen) atoms. The molecule has 0 aliphatic rings. The van der Waals surface area contributed by atoms with Crippen LogP contribution < -0.4 is 4.72 Å². The maximum absolute atomic E-state index is 12.3. The van der Waals surface area contributed by atoms with Crippen LogP contribution in [0, 0.1) is 0 Å². The molecule has 1 heterocycles. The Hall–Kier alpha value is -2.29. The number of ether oxygens (including phenoxy) is 1. The molecule has 3 aromatic rings. The molecule has 3 rings (SSSR count). The smallest absolute Gasteiger partial charge is 0.337 e. The Morgan fingerprint density at radius 2 is 1.88 bits per heavy atom. The van der Waals surface area contributed by atoms with E-state index in [-0.39, 0.29) is 12.3 Å². The molecule has 0 aliphatic carbocycles. The number of benzene rings is 2. The van der Waals surface area contributed by atoms with Gasteiger partial charge in [-0.15, -0.1) is 11.3 Å². The summed E-state index contributed by atoms with van der Waals surface area (Å²) < 4.78 is 32.6. The standard InChI is InChI=1S/C17H16N2O4S2/c1-23-17(20)13-8-6-12(7-9-13)10-18-25(21,22)11-16-19-14-4-2-3-5-15(14)24-16/h2-9,18H,10-11H2,1H3. The van der Waals surface area contributed by atoms with Crippen molar-refractivity contribution in [2.24, 2.45) is 0 Å². The molecule has 2 aromatic carbocycles. The first-order chi connectivity index (χ1) is 12.0. The van der Waals surface area contributed by atoms with Crippen LogP contribution in [0.4, 0.5) is 0 Å². The van der Waals surface area contributed by atoms with Crippen LogP contribution in [0.15, 0.2) is 48.5 Å². The number of carbonyl (C=O) groups is 1. The zero-order chi connectivity index (χ0) is 17.9. The molecule has 0 amide bonds. The summed E-state index contributed by atoms with van der Waals surface area (Å²) >= 11 is 1.37. The van der Waals surface area contributed by atoms with Gasteiger partial charge in [-0.25, -0.2) is 22.9 Å². The lowest BCUT2D eigenvalue weighted by atomic mass is 10.1. The van der Waals surface area contributed by atoms with Crippen molar-refractivity contribution in [3.05, 3.63) is 64.7 Å². The lowest BCUT2D eigenvalue weighted by molar-refractivity contribution is 0.0600. The molecule has 6 nitrogen and oxygen atoms in total. The van der Waals surface area contributed by atoms with Crippen LogP contribution in [0.25, 0.3) is 10.2 Å². The molecule has 0 bridgehead atoms. The molecular formula is C17H16N2O4S2. The van der Waals surface area contributed by atoms with Crippen molar-refractivity contribution in [1.29, 1.82) is 0 Å². The van der Waals surface area contributed by atoms with E-state index in [1.54, 1.807) is 24.3 Å². The van der Waals surface area contributed by atoms with Gasteiger partial charge in [0.25, 0.3) is 0 Å². The monoisotopic (exact) mass is 376 g/mol. The average molecular weight is 376 g/mol. The predicted molar refractivity (Wildman–Crippen MR) is 96.9 cm³/mol. The van der Waals surface area contributed by atoms with E-state index in [2.05, 4.69) is 14.4 Å². The second-order valence-electron chi connectivity index (χ2n) is 5.34. The number of carbonyl (C=O) groups excluding carboxylic acids is 1. The van der Waals surface area contributed by atoms with Gasteiger partial charge in [0.2, 0.25) is 10.0 Å². The number of hydrogen-bond acceptors (Lipinski definition) is 6. The highest BCUT2D eigenvalue weighted by Crippen LogP contribution is 2.22. The summed E-state index contributed by atoms with van der Waals surface area (Å²) in [7, 11) is -2.19. The summed E-state index contributed by atoms with van der Waals surface area (Å²) in [5, 5.41) is 0.551. The first-order valence-corrected chi connectivity index (χ1v) is 9.93. The third-order valence-electron chi connectivity index (χ3n) is 3.52. The van der Waals surface area contributed by atoms with E-state index in [0.29, 0.717) is 10.6 Å². The van der Waals surface area contributed by atoms with Gasteiger partial charge < -0.3 is 4.74 Å². The van der Waals surface area contributed by atoms with Crippen LogP contribution in [-0.4, -0.2) is 26.5 Å². The number of hydrogen-bond donors (Lipinski definition) is 1. The number of nitrogens with zero attached hydrogens (tertiary/aromatic N) is 1. The van der Waals surface area contributed by atoms with Crippen molar-refractivity contribution in [2.75, 3.05) is 7.11 Å². The van der Waals surface area contributed by atoms with Gasteiger partial charge in [0, 0.05) is 6.54 Å². The summed E-state index contributed by atoms with van der Waals surface area (Å²) in [5.74, 6) is -0.588. The molecule has 0 fully saturated rings. The van der Waals surface area contributed by atoms with Crippen LogP contribution in [0.5, 0.6) is 0 Å². The van der Waals surface area contributed by atoms with Crippen molar-refractivity contribution < 1.29 is 17.9 Å². The largest absolute Gasteiger partial charge is 0.465 e. The van der Waals surface area contributed by atoms with Gasteiger partial charge in [-0.1, -0.05) is 24.3 Å². The lowest BCUT2D eigenvalue weighted by Gasteiger charge is -2.06. The molecule has 0 spiro atoms. The Bertz CT molecular complexity index is 962. The SMILES string of the molecule is COC(=O)c1ccc(CNS(=O)(=O)Cc2nc3ccccc3s2)cc1. The highest BCUT2D eigenvalue weighted by atomic mass is 32.2. The highest BCUT2D eigenvalue weighted by molar-refractivity contribution is 7.88. The number of aromatic nitrogens is 1. The molecule has 0 radical (unpaired) electrons. The third-order valence-corrected chi connectivity index (χ3v) is 5.98. The highest BCUT2D eigenvalue weighted by Gasteiger charge is 2.15. The minimum absolute atomic E-state index is 0.148. The van der Waals surface area contributed by atoms with Crippen LogP contribution in [-0.2, 0) is 27.1 Å². The van der Waals surface area contributed by atoms with Gasteiger partial charge in [-0.2, -0.15) is 0 Å². The molecule has 1 aromatic heterocycles. The number of sulfonamides is 1. The third kappa shape index (κ3) is 4.41. The van der Waals surface area contributed by atoms with Crippen molar-refractivity contribution in [2.45, 2.75) is 12.3 Å². The van der Waals surface area contributed by atoms with E-state index in [4.69, 9.17) is 0 Å². The molecule has 8 heteroatoms. The topological polar surface area (TPSA) is 85.4 Å². The molecule has 0 atom stereocenters. The van der Waals surface area contributed by atoms with Crippen LogP contribution in [0.3, 0.4) is 0 Å². The maximum atomic E-state index is 12.3. The number of esters is 1. The second-order valence-corrected chi connectivity index (χ2v) is 8.27. The first kappa shape index (κ1) is 17.5. The lowest BCUT2D eigenvalue weighted by Crippen LogP contribution is -2.24. The van der Waals surface area contributed by atoms with Gasteiger partial charge in [-0.3, -0.25) is 0 Å². The molecule has 130 valence electrons. The fourth-order valence-corrected chi connectivity index (χ4v) is 4.61. The Balaban J connectivity index is 1.64. The Labute approximate surface area is 149 Å². The quantitative estimate of drug-likeness (QED) is 0.669. The molecule has 0 unspecified atom stereocenters. The Morgan fingerprint density at radius 3 is 2.56 bits per heavy atom. The van der Waals surface area contributed by atoms with Gasteiger partial charge in [0.15, 0.2) is 0 Å². The number of nitrogens with one attached hydrogen (secondary N) is 1. The Kier molecular flexibility index (Phi) is 5.12. The number of rotatable bonds is 6. The minimum Gasteiger partial charge on any atom is -0.465 e. The van der Waals surface area contributed by atoms with Crippen LogP contribution >= 0.6 is 11.3 Å². The predicted octanol–water partition coefficient (Wildman–Crippen LogP) is 2.70. The summed E-state index contributed by atoms with van der Waals surface area (Å²) in [4.78, 5) is 15.7. The number of para-hydroxylation sites is 1. The van der Waals surface area contributed by atoms with Gasteiger partial charge in [-0.05, 0) is 29.8 Å². The average Bonchev–Trinajstić information content (AvgIpc) is 3.01. The normalized spacial score (nSPS) is 11.6. The van der Waals surface area contributed by atoms with Crippen molar-refractivity contribution >= 4 is 37.5 Å². The summed E-state index contributed by atoms with van der Waals surface area (Å²) in [6.45, 7) is 0.148. The fourth-order valence-electron chi connectivity index (χ4n) is 2.27. The summed E-state index contributed by atoms with van der Waals surface area (Å²) in [6, 6.07) is 14.1. The number of thiazole rings is 1. The zero-order valence-corrected chi connectivity index (χ0v) is 15.1. The van der Waals surface area contributed by atoms with E-state index < -0.39 is 16.0 Å². The van der Waals surface area contributed by atoms with E-state index in [1.165, 1.54) is 18.4 Å². The van der Waals surface area contributed by atoms with Gasteiger partial charge in [0.1, 0.15) is 10.8 Å². The maximum Gasteiger partial charge on any atom is 0.337 e. The van der Waals surface area contributed by atoms with Crippen molar-refractivity contribution in [1.82, 2.24) is 9.71 Å². The first-order valence-electron chi connectivity index (χ1n) is 7.46. The zero-order valence-electron chi connectivity index (χ0n) is 13.4. The van der Waals surface area contributed by atoms with E-state index in [1.807, 2.05) is 24.3 Å². The Morgan fingerprint density at radius 1 is 1.16 bits per heavy atom. The van der Waals surface area contributed by atoms with Crippen molar-refractivity contribution in [3.8, 4) is 0 Å². The molecular weight excluding hydrogens is 360 g/mol. The van der Waals surface area contributed by atoms with Gasteiger partial charge >= 0.3 is 5.97 Å². The molecule has 0 saturated heterocycles. The number of fused-ring (bicyclic) bond motifs is 1. The fraction of sp³-hybridized carbons (Fsp3) is 0.176. The molecule has 1 N–H and O–H groups in total. The summed E-state index contributed by atoms with van der Waals surface area (Å²) in [5.41, 5.74) is 1.97. The summed E-state index contributed by atoms with van der Waals surface area (Å²) in [6.07, 6.45) is 0. The van der Waals surface area contributed by atoms with Crippen molar-refractivity contribution in [3.63, 3.8) is 0 Å². The van der Waals surface area contributed by atoms with Crippen LogP contribution in [0.1, 0.15) is 20.9 Å². The van der Waals surface area contributed by atoms with E-state index in [9.17, 15) is 13.2 Å². The van der Waals surface area contributed by atoms with E-state index >= 15 is 0 Å². The molecule has 0 aliphatic heterocycles. The number of methoxy groups -OCH3 is 1.